The van der Waals surface area contributed by atoms with Crippen molar-refractivity contribution < 1.29 is 18.3 Å². The normalized spacial score (nSPS) is 18.1. The molecule has 1 aliphatic rings. The van der Waals surface area contributed by atoms with Gasteiger partial charge in [0.1, 0.15) is 0 Å². The lowest BCUT2D eigenvalue weighted by atomic mass is 10.0. The van der Waals surface area contributed by atoms with Crippen LogP contribution in [0.5, 0.6) is 0 Å². The van der Waals surface area contributed by atoms with Crippen LogP contribution < -0.4 is 10.0 Å². The lowest BCUT2D eigenvalue weighted by Crippen LogP contribution is -2.49. The van der Waals surface area contributed by atoms with Crippen LogP contribution in [0, 0.1) is 0 Å². The number of sulfonamides is 1. The first-order chi connectivity index (χ1) is 9.37. The second kappa shape index (κ2) is 5.72. The molecule has 1 saturated carbocycles. The van der Waals surface area contributed by atoms with Crippen LogP contribution in [0.25, 0.3) is 0 Å². The highest BCUT2D eigenvalue weighted by atomic mass is 32.2. The lowest BCUT2D eigenvalue weighted by Gasteiger charge is -2.26. The van der Waals surface area contributed by atoms with Gasteiger partial charge in [0, 0.05) is 6.92 Å². The first kappa shape index (κ1) is 15.3. The highest BCUT2D eigenvalue weighted by molar-refractivity contribution is 7.91. The Morgan fingerprint density at radius 3 is 2.60 bits per heavy atom. The van der Waals surface area contributed by atoms with Crippen LogP contribution in [-0.2, 0) is 14.8 Å². The van der Waals surface area contributed by atoms with Crippen molar-refractivity contribution in [3.63, 3.8) is 0 Å². The third kappa shape index (κ3) is 3.32. The molecule has 0 spiro atoms. The van der Waals surface area contributed by atoms with Gasteiger partial charge in [0.15, 0.2) is 0 Å². The van der Waals surface area contributed by atoms with Gasteiger partial charge in [0.25, 0.3) is 10.0 Å². The van der Waals surface area contributed by atoms with E-state index in [2.05, 4.69) is 20.2 Å². The van der Waals surface area contributed by atoms with Crippen molar-refractivity contribution in [2.45, 2.75) is 42.5 Å². The van der Waals surface area contributed by atoms with Gasteiger partial charge in [-0.1, -0.05) is 24.2 Å². The molecule has 0 radical (unpaired) electrons. The zero-order valence-electron chi connectivity index (χ0n) is 10.9. The Labute approximate surface area is 120 Å². The molecule has 1 aromatic rings. The van der Waals surface area contributed by atoms with Crippen LogP contribution in [0.4, 0.5) is 5.13 Å². The molecule has 0 atom stereocenters. The second-order valence-corrected chi connectivity index (χ2v) is 7.64. The standard InChI is InChI=1S/C10H16N4O4S2/c1-7(16)11-8-12-13-9(19-8)20(17,18)14-10(6-15)4-2-3-5-10/h14-15H,2-6H2,1H3,(H,11,12,16). The van der Waals surface area contributed by atoms with Crippen LogP contribution >= 0.6 is 11.3 Å². The predicted octanol–water partition coefficient (Wildman–Crippen LogP) is 0.0799. The van der Waals surface area contributed by atoms with Crippen molar-refractivity contribution in [2.24, 2.45) is 0 Å². The second-order valence-electron chi connectivity index (χ2n) is 4.81. The Balaban J connectivity index is 2.17. The molecule has 1 aliphatic carbocycles. The fourth-order valence-electron chi connectivity index (χ4n) is 2.19. The zero-order valence-corrected chi connectivity index (χ0v) is 12.6. The average molecular weight is 320 g/mol. The number of aliphatic hydroxyl groups is 1. The number of carbonyl (C=O) groups excluding carboxylic acids is 1. The highest BCUT2D eigenvalue weighted by Gasteiger charge is 2.38. The quantitative estimate of drug-likeness (QED) is 0.661. The predicted molar refractivity (Wildman–Crippen MR) is 72.8 cm³/mol. The molecule has 1 aromatic heterocycles. The molecular weight excluding hydrogens is 304 g/mol. The van der Waals surface area contributed by atoms with E-state index in [9.17, 15) is 18.3 Å². The van der Waals surface area contributed by atoms with Crippen LogP contribution in [0.3, 0.4) is 0 Å². The Kier molecular flexibility index (Phi) is 4.37. The summed E-state index contributed by atoms with van der Waals surface area (Å²) < 4.78 is 26.7. The van der Waals surface area contributed by atoms with E-state index in [-0.39, 0.29) is 22.0 Å². The monoisotopic (exact) mass is 320 g/mol. The number of aliphatic hydroxyl groups excluding tert-OH is 1. The molecule has 1 amide bonds. The minimum absolute atomic E-state index is 0.127. The first-order valence-electron chi connectivity index (χ1n) is 6.13. The Morgan fingerprint density at radius 1 is 1.40 bits per heavy atom. The number of aromatic nitrogens is 2. The Morgan fingerprint density at radius 2 is 2.05 bits per heavy atom. The maximum absolute atomic E-state index is 12.2. The fourth-order valence-corrected chi connectivity index (χ4v) is 4.59. The van der Waals surface area contributed by atoms with Gasteiger partial charge in [-0.15, -0.1) is 10.2 Å². The van der Waals surface area contributed by atoms with Crippen LogP contribution in [0.15, 0.2) is 4.34 Å². The van der Waals surface area contributed by atoms with E-state index in [0.717, 1.165) is 24.2 Å². The van der Waals surface area contributed by atoms with Crippen molar-refractivity contribution in [3.8, 4) is 0 Å². The SMILES string of the molecule is CC(=O)Nc1nnc(S(=O)(=O)NC2(CO)CCCC2)s1. The van der Waals surface area contributed by atoms with Crippen LogP contribution in [0.1, 0.15) is 32.6 Å². The molecular formula is C10H16N4O4S2. The van der Waals surface area contributed by atoms with E-state index in [4.69, 9.17) is 0 Å². The summed E-state index contributed by atoms with van der Waals surface area (Å²) in [6.45, 7) is 1.05. The molecule has 1 heterocycles. The van der Waals surface area contributed by atoms with Gasteiger partial charge in [-0.2, -0.15) is 0 Å². The molecule has 1 fully saturated rings. The summed E-state index contributed by atoms with van der Waals surface area (Å²) in [5, 5.41) is 19.1. The summed E-state index contributed by atoms with van der Waals surface area (Å²) in [6, 6.07) is 0. The average Bonchev–Trinajstić information content (AvgIpc) is 2.98. The molecule has 0 aliphatic heterocycles. The third-order valence-electron chi connectivity index (χ3n) is 3.13. The number of nitrogens with zero attached hydrogens (tertiary/aromatic N) is 2. The van der Waals surface area contributed by atoms with Gasteiger partial charge in [0.05, 0.1) is 12.1 Å². The van der Waals surface area contributed by atoms with E-state index in [1.54, 1.807) is 0 Å². The largest absolute Gasteiger partial charge is 0.394 e. The van der Waals surface area contributed by atoms with Crippen molar-refractivity contribution >= 4 is 32.4 Å². The molecule has 0 saturated heterocycles. The third-order valence-corrected chi connectivity index (χ3v) is 5.92. The van der Waals surface area contributed by atoms with Crippen molar-refractivity contribution in [2.75, 3.05) is 11.9 Å². The minimum atomic E-state index is -3.85. The molecule has 0 unspecified atom stereocenters. The lowest BCUT2D eigenvalue weighted by molar-refractivity contribution is -0.114. The van der Waals surface area contributed by atoms with Gasteiger partial charge < -0.3 is 10.4 Å². The number of rotatable bonds is 5. The molecule has 0 bridgehead atoms. The number of nitrogens with one attached hydrogen (secondary N) is 2. The summed E-state index contributed by atoms with van der Waals surface area (Å²) in [7, 11) is -3.85. The van der Waals surface area contributed by atoms with Gasteiger partial charge in [0.2, 0.25) is 15.4 Å². The van der Waals surface area contributed by atoms with Crippen LogP contribution in [0.2, 0.25) is 0 Å². The molecule has 0 aromatic carbocycles. The summed E-state index contributed by atoms with van der Waals surface area (Å²) >= 11 is 0.774. The van der Waals surface area contributed by atoms with E-state index >= 15 is 0 Å². The van der Waals surface area contributed by atoms with Gasteiger partial charge in [-0.25, -0.2) is 13.1 Å². The number of hydrogen-bond donors (Lipinski definition) is 3. The highest BCUT2D eigenvalue weighted by Crippen LogP contribution is 2.31. The molecule has 8 nitrogen and oxygen atoms in total. The zero-order chi connectivity index (χ0) is 14.8. The summed E-state index contributed by atoms with van der Waals surface area (Å²) in [6.07, 6.45) is 2.94. The van der Waals surface area contributed by atoms with E-state index < -0.39 is 15.6 Å². The maximum Gasteiger partial charge on any atom is 0.270 e. The summed E-state index contributed by atoms with van der Waals surface area (Å²) in [5.74, 6) is -0.347. The number of anilines is 1. The topological polar surface area (TPSA) is 121 Å². The maximum atomic E-state index is 12.2. The smallest absolute Gasteiger partial charge is 0.270 e. The first-order valence-corrected chi connectivity index (χ1v) is 8.43. The van der Waals surface area contributed by atoms with E-state index in [1.807, 2.05) is 0 Å². The molecule has 2 rings (SSSR count). The molecule has 10 heteroatoms. The minimum Gasteiger partial charge on any atom is -0.394 e. The van der Waals surface area contributed by atoms with Gasteiger partial charge in [-0.05, 0) is 12.8 Å². The number of amides is 1. The van der Waals surface area contributed by atoms with Crippen molar-refractivity contribution in [1.29, 1.82) is 0 Å². The van der Waals surface area contributed by atoms with E-state index in [0.29, 0.717) is 12.8 Å². The van der Waals surface area contributed by atoms with E-state index in [1.165, 1.54) is 6.92 Å². The summed E-state index contributed by atoms with van der Waals surface area (Å²) in [5.41, 5.74) is -0.807. The van der Waals surface area contributed by atoms with Crippen molar-refractivity contribution in [3.05, 3.63) is 0 Å². The fraction of sp³-hybridized carbons (Fsp3) is 0.700. The number of carbonyl (C=O) groups is 1. The molecule has 112 valence electrons. The van der Waals surface area contributed by atoms with Crippen LogP contribution in [-0.4, -0.2) is 41.8 Å². The van der Waals surface area contributed by atoms with Gasteiger partial charge in [-0.3, -0.25) is 4.79 Å². The molecule has 3 N–H and O–H groups in total. The summed E-state index contributed by atoms with van der Waals surface area (Å²) in [4.78, 5) is 10.9. The van der Waals surface area contributed by atoms with Crippen molar-refractivity contribution in [1.82, 2.24) is 14.9 Å². The molecule has 20 heavy (non-hydrogen) atoms. The Bertz CT molecular complexity index is 592. The van der Waals surface area contributed by atoms with Gasteiger partial charge >= 0.3 is 0 Å². The Hall–Kier alpha value is -1.10. The number of hydrogen-bond acceptors (Lipinski definition) is 7.